The fraction of sp³-hybridized carbons (Fsp3) is 0.158. The van der Waals surface area contributed by atoms with Crippen molar-refractivity contribution >= 4 is 5.91 Å². The van der Waals surface area contributed by atoms with Crippen molar-refractivity contribution in [1.82, 2.24) is 15.1 Å². The Hall–Kier alpha value is -3.22. The van der Waals surface area contributed by atoms with Crippen molar-refractivity contribution in [2.75, 3.05) is 7.11 Å². The van der Waals surface area contributed by atoms with Crippen LogP contribution < -0.4 is 10.1 Å². The van der Waals surface area contributed by atoms with Crippen LogP contribution in [0.1, 0.15) is 29.0 Å². The molecule has 0 spiro atoms. The second kappa shape index (κ2) is 7.35. The molecule has 1 aromatic heterocycles. The molecule has 0 aliphatic rings. The van der Waals surface area contributed by atoms with Gasteiger partial charge in [0.15, 0.2) is 17.3 Å². The molecule has 0 bridgehead atoms. The van der Waals surface area contributed by atoms with Gasteiger partial charge in [-0.25, -0.2) is 13.5 Å². The van der Waals surface area contributed by atoms with Crippen LogP contribution in [0.15, 0.2) is 54.7 Å². The summed E-state index contributed by atoms with van der Waals surface area (Å²) >= 11 is 0. The summed E-state index contributed by atoms with van der Waals surface area (Å²) in [6.45, 7) is 1.76. The van der Waals surface area contributed by atoms with Crippen LogP contribution in [0.25, 0.3) is 5.69 Å². The molecule has 0 fully saturated rings. The third-order valence-corrected chi connectivity index (χ3v) is 3.94. The number of carbonyl (C=O) groups excluding carboxylic acids is 1. The van der Waals surface area contributed by atoms with Crippen LogP contribution in [0.3, 0.4) is 0 Å². The molecule has 0 radical (unpaired) electrons. The van der Waals surface area contributed by atoms with Crippen LogP contribution in [0.4, 0.5) is 8.78 Å². The van der Waals surface area contributed by atoms with E-state index >= 15 is 0 Å². The number of para-hydroxylation sites is 1. The smallest absolute Gasteiger partial charge is 0.272 e. The minimum Gasteiger partial charge on any atom is -0.494 e. The highest BCUT2D eigenvalue weighted by atomic mass is 19.1. The molecular weight excluding hydrogens is 340 g/mol. The van der Waals surface area contributed by atoms with Gasteiger partial charge in [0.1, 0.15) is 11.5 Å². The highest BCUT2D eigenvalue weighted by Gasteiger charge is 2.16. The largest absolute Gasteiger partial charge is 0.494 e. The number of ether oxygens (including phenoxy) is 1. The van der Waals surface area contributed by atoms with E-state index in [0.717, 1.165) is 0 Å². The summed E-state index contributed by atoms with van der Waals surface area (Å²) in [6, 6.07) is 11.6. The highest BCUT2D eigenvalue weighted by molar-refractivity contribution is 5.92. The lowest BCUT2D eigenvalue weighted by atomic mass is 10.1. The van der Waals surface area contributed by atoms with Gasteiger partial charge < -0.3 is 10.1 Å². The number of hydrogen-bond acceptors (Lipinski definition) is 3. The van der Waals surface area contributed by atoms with Gasteiger partial charge in [-0.1, -0.05) is 18.2 Å². The van der Waals surface area contributed by atoms with Gasteiger partial charge >= 0.3 is 0 Å². The van der Waals surface area contributed by atoms with Crippen LogP contribution in [-0.2, 0) is 0 Å². The summed E-state index contributed by atoms with van der Waals surface area (Å²) < 4.78 is 33.6. The van der Waals surface area contributed by atoms with E-state index in [1.165, 1.54) is 42.3 Å². The number of benzene rings is 2. The van der Waals surface area contributed by atoms with Gasteiger partial charge in [-0.15, -0.1) is 0 Å². The molecule has 2 aromatic carbocycles. The predicted molar refractivity (Wildman–Crippen MR) is 92.4 cm³/mol. The number of carbonyl (C=O) groups is 1. The molecule has 0 saturated heterocycles. The van der Waals surface area contributed by atoms with Crippen molar-refractivity contribution in [2.24, 2.45) is 0 Å². The van der Waals surface area contributed by atoms with Crippen LogP contribution in [0, 0.1) is 11.6 Å². The zero-order chi connectivity index (χ0) is 18.7. The topological polar surface area (TPSA) is 56.1 Å². The Labute approximate surface area is 149 Å². The summed E-state index contributed by atoms with van der Waals surface area (Å²) in [7, 11) is 1.38. The summed E-state index contributed by atoms with van der Waals surface area (Å²) in [4.78, 5) is 12.4. The van der Waals surface area contributed by atoms with Gasteiger partial charge in [-0.3, -0.25) is 4.79 Å². The molecule has 5 nitrogen and oxygen atoms in total. The van der Waals surface area contributed by atoms with Crippen LogP contribution in [0.2, 0.25) is 0 Å². The zero-order valence-corrected chi connectivity index (χ0v) is 14.2. The van der Waals surface area contributed by atoms with Crippen molar-refractivity contribution in [3.05, 3.63) is 77.6 Å². The van der Waals surface area contributed by atoms with Gasteiger partial charge in [-0.05, 0) is 42.8 Å². The van der Waals surface area contributed by atoms with Crippen LogP contribution in [0.5, 0.6) is 5.75 Å². The van der Waals surface area contributed by atoms with Crippen molar-refractivity contribution in [3.63, 3.8) is 0 Å². The van der Waals surface area contributed by atoms with E-state index in [-0.39, 0.29) is 17.1 Å². The van der Waals surface area contributed by atoms with E-state index in [0.29, 0.717) is 5.56 Å². The van der Waals surface area contributed by atoms with E-state index in [9.17, 15) is 13.6 Å². The first-order valence-electron chi connectivity index (χ1n) is 7.94. The standard InChI is InChI=1S/C19H17F2N3O2/c1-12(13-7-8-15(21)18(11-13)26-2)22-19(25)16-9-10-24(23-16)17-6-4-3-5-14(17)20/h3-12H,1-2H3,(H,22,25)/t12-/m1/s1. The van der Waals surface area contributed by atoms with Gasteiger partial charge in [0, 0.05) is 6.20 Å². The second-order valence-electron chi connectivity index (χ2n) is 5.69. The van der Waals surface area contributed by atoms with E-state index in [4.69, 9.17) is 4.74 Å². The number of rotatable bonds is 5. The Morgan fingerprint density at radius 3 is 2.65 bits per heavy atom. The van der Waals surface area contributed by atoms with Crippen LogP contribution >= 0.6 is 0 Å². The minimum atomic E-state index is -0.474. The first kappa shape index (κ1) is 17.6. The third kappa shape index (κ3) is 3.56. The van der Waals surface area contributed by atoms with Crippen molar-refractivity contribution in [3.8, 4) is 11.4 Å². The average Bonchev–Trinajstić information content (AvgIpc) is 3.12. The Bertz CT molecular complexity index is 940. The van der Waals surface area contributed by atoms with E-state index in [1.807, 2.05) is 0 Å². The maximum atomic E-state index is 13.8. The molecule has 3 aromatic rings. The van der Waals surface area contributed by atoms with Gasteiger partial charge in [-0.2, -0.15) is 5.10 Å². The Balaban J connectivity index is 1.75. The summed E-state index contributed by atoms with van der Waals surface area (Å²) in [5.74, 6) is -1.23. The summed E-state index contributed by atoms with van der Waals surface area (Å²) in [5, 5.41) is 6.89. The molecule has 0 aliphatic heterocycles. The first-order valence-corrected chi connectivity index (χ1v) is 7.94. The fourth-order valence-electron chi connectivity index (χ4n) is 2.52. The van der Waals surface area contributed by atoms with E-state index < -0.39 is 23.6 Å². The van der Waals surface area contributed by atoms with Crippen LogP contribution in [-0.4, -0.2) is 22.8 Å². The lowest BCUT2D eigenvalue weighted by Gasteiger charge is -2.14. The number of aromatic nitrogens is 2. The number of amides is 1. The molecule has 1 amide bonds. The molecular formula is C19H17F2N3O2. The first-order chi connectivity index (χ1) is 12.5. The number of hydrogen-bond donors (Lipinski definition) is 1. The average molecular weight is 357 g/mol. The minimum absolute atomic E-state index is 0.104. The Morgan fingerprint density at radius 2 is 1.92 bits per heavy atom. The predicted octanol–water partition coefficient (Wildman–Crippen LogP) is 3.65. The molecule has 1 heterocycles. The molecule has 26 heavy (non-hydrogen) atoms. The maximum Gasteiger partial charge on any atom is 0.272 e. The molecule has 7 heteroatoms. The molecule has 3 rings (SSSR count). The molecule has 1 N–H and O–H groups in total. The van der Waals surface area contributed by atoms with Crippen molar-refractivity contribution in [2.45, 2.75) is 13.0 Å². The van der Waals surface area contributed by atoms with Gasteiger partial charge in [0.2, 0.25) is 0 Å². The Kier molecular flexibility index (Phi) is 4.97. The molecule has 0 aliphatic carbocycles. The van der Waals surface area contributed by atoms with Gasteiger partial charge in [0.25, 0.3) is 5.91 Å². The second-order valence-corrected chi connectivity index (χ2v) is 5.69. The molecule has 1 atom stereocenters. The fourth-order valence-corrected chi connectivity index (χ4v) is 2.52. The summed E-state index contributed by atoms with van der Waals surface area (Å²) in [5.41, 5.74) is 1.09. The molecule has 0 unspecified atom stereocenters. The van der Waals surface area contributed by atoms with E-state index in [2.05, 4.69) is 10.4 Å². The molecule has 134 valence electrons. The Morgan fingerprint density at radius 1 is 1.15 bits per heavy atom. The van der Waals surface area contributed by atoms with E-state index in [1.54, 1.807) is 31.2 Å². The molecule has 0 saturated carbocycles. The normalized spacial score (nSPS) is 11.8. The number of nitrogens with one attached hydrogen (secondary N) is 1. The number of nitrogens with zero attached hydrogens (tertiary/aromatic N) is 2. The monoisotopic (exact) mass is 357 g/mol. The quantitative estimate of drug-likeness (QED) is 0.758. The van der Waals surface area contributed by atoms with Crippen molar-refractivity contribution < 1.29 is 18.3 Å². The van der Waals surface area contributed by atoms with Crippen molar-refractivity contribution in [1.29, 1.82) is 0 Å². The highest BCUT2D eigenvalue weighted by Crippen LogP contribution is 2.22. The lowest BCUT2D eigenvalue weighted by molar-refractivity contribution is 0.0934. The lowest BCUT2D eigenvalue weighted by Crippen LogP contribution is -2.27. The number of methoxy groups -OCH3 is 1. The SMILES string of the molecule is COc1cc([C@@H](C)NC(=O)c2ccn(-c3ccccc3F)n2)ccc1F. The summed E-state index contributed by atoms with van der Waals surface area (Å²) in [6.07, 6.45) is 1.51. The van der Waals surface area contributed by atoms with Gasteiger partial charge in [0.05, 0.1) is 13.2 Å². The third-order valence-electron chi connectivity index (χ3n) is 3.94. The number of halogens is 2. The zero-order valence-electron chi connectivity index (χ0n) is 14.2. The maximum absolute atomic E-state index is 13.8.